The fraction of sp³-hybridized carbons (Fsp3) is 0.733. The highest BCUT2D eigenvalue weighted by atomic mass is 32.2. The zero-order chi connectivity index (χ0) is 18.3. The maximum Gasteiger partial charge on any atom is 0.208 e. The standard InChI is InChI=1S/C15H30N6O2S/c1-11(10-14-12(2)20-21(5)13(14)3)19-15(16-4)17-8-7-9-18-24(6,22)23/h11,18H,7-10H2,1-6H3,(H2,16,17,19). The van der Waals surface area contributed by atoms with Gasteiger partial charge in [-0.25, -0.2) is 13.1 Å². The Kier molecular flexibility index (Phi) is 7.68. The Morgan fingerprint density at radius 1 is 1.33 bits per heavy atom. The summed E-state index contributed by atoms with van der Waals surface area (Å²) in [4.78, 5) is 4.20. The molecule has 0 radical (unpaired) electrons. The van der Waals surface area contributed by atoms with Crippen LogP contribution >= 0.6 is 0 Å². The van der Waals surface area contributed by atoms with Gasteiger partial charge in [-0.1, -0.05) is 0 Å². The number of guanidine groups is 1. The number of nitrogens with zero attached hydrogens (tertiary/aromatic N) is 3. The van der Waals surface area contributed by atoms with Crippen molar-refractivity contribution in [2.75, 3.05) is 26.4 Å². The minimum atomic E-state index is -3.12. The van der Waals surface area contributed by atoms with Gasteiger partial charge in [-0.05, 0) is 39.2 Å². The molecular weight excluding hydrogens is 328 g/mol. The molecule has 1 heterocycles. The van der Waals surface area contributed by atoms with Crippen LogP contribution in [0.5, 0.6) is 0 Å². The van der Waals surface area contributed by atoms with Gasteiger partial charge in [0.25, 0.3) is 0 Å². The monoisotopic (exact) mass is 358 g/mol. The number of aryl methyl sites for hydroxylation is 2. The number of rotatable bonds is 8. The highest BCUT2D eigenvalue weighted by Crippen LogP contribution is 2.13. The second kappa shape index (κ2) is 9.03. The molecule has 1 unspecified atom stereocenters. The maximum absolute atomic E-state index is 11.0. The number of hydrogen-bond acceptors (Lipinski definition) is 4. The van der Waals surface area contributed by atoms with Crippen LogP contribution < -0.4 is 15.4 Å². The summed E-state index contributed by atoms with van der Waals surface area (Å²) in [5.74, 6) is 0.709. The average molecular weight is 359 g/mol. The first kappa shape index (κ1) is 20.4. The molecule has 1 atom stereocenters. The van der Waals surface area contributed by atoms with Crippen molar-refractivity contribution in [2.24, 2.45) is 12.0 Å². The fourth-order valence-electron chi connectivity index (χ4n) is 2.45. The molecular formula is C15H30N6O2S. The van der Waals surface area contributed by atoms with Crippen molar-refractivity contribution < 1.29 is 8.42 Å². The normalized spacial score (nSPS) is 13.8. The second-order valence-electron chi connectivity index (χ2n) is 6.04. The van der Waals surface area contributed by atoms with Gasteiger partial charge in [-0.3, -0.25) is 9.67 Å². The van der Waals surface area contributed by atoms with Crippen molar-refractivity contribution in [1.29, 1.82) is 0 Å². The van der Waals surface area contributed by atoms with E-state index >= 15 is 0 Å². The molecule has 0 fully saturated rings. The van der Waals surface area contributed by atoms with E-state index in [1.54, 1.807) is 7.05 Å². The molecule has 138 valence electrons. The summed E-state index contributed by atoms with van der Waals surface area (Å²) in [6.45, 7) is 7.25. The second-order valence-corrected chi connectivity index (χ2v) is 7.87. The lowest BCUT2D eigenvalue weighted by atomic mass is 10.1. The summed E-state index contributed by atoms with van der Waals surface area (Å²) in [7, 11) is 0.551. The van der Waals surface area contributed by atoms with Crippen molar-refractivity contribution in [3.05, 3.63) is 17.0 Å². The molecule has 0 aromatic carbocycles. The Morgan fingerprint density at radius 2 is 2.00 bits per heavy atom. The number of sulfonamides is 1. The van der Waals surface area contributed by atoms with Crippen LogP contribution in [0, 0.1) is 13.8 Å². The van der Waals surface area contributed by atoms with E-state index in [1.807, 2.05) is 18.7 Å². The van der Waals surface area contributed by atoms with Gasteiger partial charge >= 0.3 is 0 Å². The largest absolute Gasteiger partial charge is 0.356 e. The molecule has 0 aliphatic heterocycles. The van der Waals surface area contributed by atoms with Gasteiger partial charge in [0.2, 0.25) is 10.0 Å². The Hall–Kier alpha value is -1.61. The summed E-state index contributed by atoms with van der Waals surface area (Å²) in [5.41, 5.74) is 3.49. The number of aromatic nitrogens is 2. The van der Waals surface area contributed by atoms with Crippen LogP contribution in [0.1, 0.15) is 30.3 Å². The molecule has 1 aromatic rings. The van der Waals surface area contributed by atoms with Crippen molar-refractivity contribution in [2.45, 2.75) is 39.7 Å². The number of aliphatic imine (C=N–C) groups is 1. The quantitative estimate of drug-likeness (QED) is 0.347. The SMILES string of the molecule is CN=C(NCCCNS(C)(=O)=O)NC(C)Cc1c(C)nn(C)c1C. The molecule has 0 saturated heterocycles. The highest BCUT2D eigenvalue weighted by molar-refractivity contribution is 7.88. The Balaban J connectivity index is 2.42. The molecule has 9 heteroatoms. The van der Waals surface area contributed by atoms with E-state index in [1.165, 1.54) is 11.3 Å². The Morgan fingerprint density at radius 3 is 2.50 bits per heavy atom. The third-order valence-electron chi connectivity index (χ3n) is 3.79. The number of hydrogen-bond donors (Lipinski definition) is 3. The minimum absolute atomic E-state index is 0.201. The van der Waals surface area contributed by atoms with E-state index in [2.05, 4.69) is 39.3 Å². The van der Waals surface area contributed by atoms with Crippen LogP contribution in [-0.2, 0) is 23.5 Å². The maximum atomic E-state index is 11.0. The molecule has 0 spiro atoms. The topological polar surface area (TPSA) is 100 Å². The van der Waals surface area contributed by atoms with Gasteiger partial charge in [0.1, 0.15) is 0 Å². The number of nitrogens with one attached hydrogen (secondary N) is 3. The molecule has 3 N–H and O–H groups in total. The lowest BCUT2D eigenvalue weighted by Gasteiger charge is -2.18. The lowest BCUT2D eigenvalue weighted by molar-refractivity contribution is 0.583. The summed E-state index contributed by atoms with van der Waals surface area (Å²) in [6, 6.07) is 0.201. The smallest absolute Gasteiger partial charge is 0.208 e. The summed E-state index contributed by atoms with van der Waals surface area (Å²) < 4.78 is 26.3. The van der Waals surface area contributed by atoms with Crippen LogP contribution in [0.15, 0.2) is 4.99 Å². The summed E-state index contributed by atoms with van der Waals surface area (Å²) in [5, 5.41) is 11.0. The molecule has 24 heavy (non-hydrogen) atoms. The van der Waals surface area contributed by atoms with Gasteiger partial charge in [-0.2, -0.15) is 5.10 Å². The predicted molar refractivity (Wildman–Crippen MR) is 97.8 cm³/mol. The Labute approximate surface area is 145 Å². The van der Waals surface area contributed by atoms with Crippen molar-refractivity contribution in [3.63, 3.8) is 0 Å². The highest BCUT2D eigenvalue weighted by Gasteiger charge is 2.13. The Bertz CT molecular complexity index is 666. The lowest BCUT2D eigenvalue weighted by Crippen LogP contribution is -2.43. The molecule has 8 nitrogen and oxygen atoms in total. The van der Waals surface area contributed by atoms with Gasteiger partial charge in [0, 0.05) is 38.9 Å². The van der Waals surface area contributed by atoms with Gasteiger partial charge in [0.05, 0.1) is 11.9 Å². The van der Waals surface area contributed by atoms with Gasteiger partial charge in [0.15, 0.2) is 5.96 Å². The van der Waals surface area contributed by atoms with E-state index in [9.17, 15) is 8.42 Å². The van der Waals surface area contributed by atoms with Crippen LogP contribution in [0.4, 0.5) is 0 Å². The summed E-state index contributed by atoms with van der Waals surface area (Å²) in [6.07, 6.45) is 2.70. The van der Waals surface area contributed by atoms with Crippen molar-refractivity contribution >= 4 is 16.0 Å². The molecule has 0 bridgehead atoms. The molecule has 1 aromatic heterocycles. The van der Waals surface area contributed by atoms with Crippen LogP contribution in [0.3, 0.4) is 0 Å². The first-order chi connectivity index (χ1) is 11.1. The fourth-order valence-corrected chi connectivity index (χ4v) is 2.97. The molecule has 0 amide bonds. The van der Waals surface area contributed by atoms with Crippen LogP contribution in [0.25, 0.3) is 0 Å². The minimum Gasteiger partial charge on any atom is -0.356 e. The van der Waals surface area contributed by atoms with Crippen LogP contribution in [-0.4, -0.2) is 56.6 Å². The average Bonchev–Trinajstić information content (AvgIpc) is 2.71. The van der Waals surface area contributed by atoms with E-state index < -0.39 is 10.0 Å². The van der Waals surface area contributed by atoms with E-state index in [0.717, 1.165) is 18.4 Å². The van der Waals surface area contributed by atoms with Crippen molar-refractivity contribution in [3.8, 4) is 0 Å². The van der Waals surface area contributed by atoms with Crippen molar-refractivity contribution in [1.82, 2.24) is 25.1 Å². The molecule has 0 aliphatic rings. The third kappa shape index (κ3) is 6.88. The first-order valence-corrected chi connectivity index (χ1v) is 9.94. The van der Waals surface area contributed by atoms with Crippen LogP contribution in [0.2, 0.25) is 0 Å². The zero-order valence-electron chi connectivity index (χ0n) is 15.5. The predicted octanol–water partition coefficient (Wildman–Crippen LogP) is 0.0722. The van der Waals surface area contributed by atoms with E-state index in [-0.39, 0.29) is 6.04 Å². The molecule has 0 aliphatic carbocycles. The molecule has 1 rings (SSSR count). The summed E-state index contributed by atoms with van der Waals surface area (Å²) >= 11 is 0. The zero-order valence-corrected chi connectivity index (χ0v) is 16.3. The van der Waals surface area contributed by atoms with E-state index in [0.29, 0.717) is 25.5 Å². The third-order valence-corrected chi connectivity index (χ3v) is 4.51. The molecule has 0 saturated carbocycles. The van der Waals surface area contributed by atoms with E-state index in [4.69, 9.17) is 0 Å². The van der Waals surface area contributed by atoms with Gasteiger partial charge in [-0.15, -0.1) is 0 Å². The van der Waals surface area contributed by atoms with Gasteiger partial charge < -0.3 is 10.6 Å². The first-order valence-electron chi connectivity index (χ1n) is 8.05.